The highest BCUT2D eigenvalue weighted by Gasteiger charge is 2.24. The minimum absolute atomic E-state index is 0.562. The van der Waals surface area contributed by atoms with Crippen molar-refractivity contribution in [2.75, 3.05) is 26.7 Å². The van der Waals surface area contributed by atoms with E-state index in [2.05, 4.69) is 60.4 Å². The second kappa shape index (κ2) is 9.22. The first-order chi connectivity index (χ1) is 12.3. The molecule has 2 heterocycles. The van der Waals surface area contributed by atoms with Gasteiger partial charge in [0.1, 0.15) is 0 Å². The van der Waals surface area contributed by atoms with Crippen LogP contribution in [0.3, 0.4) is 0 Å². The first-order valence-corrected chi connectivity index (χ1v) is 9.03. The molecule has 1 aliphatic rings. The fourth-order valence-electron chi connectivity index (χ4n) is 3.31. The first-order valence-electron chi connectivity index (χ1n) is 9.03. The minimum atomic E-state index is 0.562. The van der Waals surface area contributed by atoms with Crippen LogP contribution in [-0.2, 0) is 13.1 Å². The Morgan fingerprint density at radius 2 is 2.16 bits per heavy atom. The summed E-state index contributed by atoms with van der Waals surface area (Å²) in [6.45, 7) is 4.84. The van der Waals surface area contributed by atoms with Crippen LogP contribution in [0.1, 0.15) is 18.4 Å². The molecule has 25 heavy (non-hydrogen) atoms. The standard InChI is InChI=1S/C19H28N6/c1-20-19(22-10-13-24-12-9-21-16-24)23-14-18-8-5-11-25(18)15-17-6-3-2-4-7-17/h2-4,6-7,9,12,16,18H,5,8,10-11,13-15H2,1H3,(H2,20,22,23). The minimum Gasteiger partial charge on any atom is -0.355 e. The maximum atomic E-state index is 4.33. The topological polar surface area (TPSA) is 57.5 Å². The second-order valence-corrected chi connectivity index (χ2v) is 6.43. The van der Waals surface area contributed by atoms with Gasteiger partial charge < -0.3 is 15.2 Å². The van der Waals surface area contributed by atoms with Crippen LogP contribution < -0.4 is 10.6 Å². The van der Waals surface area contributed by atoms with E-state index in [0.717, 1.165) is 32.1 Å². The molecule has 3 rings (SSSR count). The van der Waals surface area contributed by atoms with E-state index in [0.29, 0.717) is 6.04 Å². The Hall–Kier alpha value is -2.34. The summed E-state index contributed by atoms with van der Waals surface area (Å²) in [5.74, 6) is 0.867. The number of guanidine groups is 1. The molecular weight excluding hydrogens is 312 g/mol. The third-order valence-electron chi connectivity index (χ3n) is 4.68. The highest BCUT2D eigenvalue weighted by Crippen LogP contribution is 2.19. The first kappa shape index (κ1) is 17.5. The Morgan fingerprint density at radius 1 is 1.28 bits per heavy atom. The lowest BCUT2D eigenvalue weighted by molar-refractivity contribution is 0.245. The monoisotopic (exact) mass is 340 g/mol. The van der Waals surface area contributed by atoms with E-state index in [-0.39, 0.29) is 0 Å². The molecule has 6 nitrogen and oxygen atoms in total. The van der Waals surface area contributed by atoms with Crippen LogP contribution in [0.5, 0.6) is 0 Å². The zero-order chi connectivity index (χ0) is 17.3. The largest absolute Gasteiger partial charge is 0.355 e. The van der Waals surface area contributed by atoms with Crippen LogP contribution in [0.25, 0.3) is 0 Å². The Bertz CT molecular complexity index is 637. The number of imidazole rings is 1. The van der Waals surface area contributed by atoms with Crippen LogP contribution in [0, 0.1) is 0 Å². The van der Waals surface area contributed by atoms with Crippen molar-refractivity contribution in [3.63, 3.8) is 0 Å². The van der Waals surface area contributed by atoms with E-state index in [1.54, 1.807) is 6.20 Å². The van der Waals surface area contributed by atoms with Crippen molar-refractivity contribution in [3.05, 3.63) is 54.6 Å². The molecule has 1 aromatic heterocycles. The molecule has 134 valence electrons. The molecular formula is C19H28N6. The van der Waals surface area contributed by atoms with Crippen LogP contribution in [0.15, 0.2) is 54.0 Å². The van der Waals surface area contributed by atoms with Gasteiger partial charge in [0.05, 0.1) is 6.33 Å². The van der Waals surface area contributed by atoms with Crippen molar-refractivity contribution in [2.45, 2.75) is 32.0 Å². The molecule has 0 bridgehead atoms. The summed E-state index contributed by atoms with van der Waals surface area (Å²) in [7, 11) is 1.82. The predicted octanol–water partition coefficient (Wildman–Crippen LogP) is 1.71. The summed E-state index contributed by atoms with van der Waals surface area (Å²) in [5, 5.41) is 6.85. The number of aliphatic imine (C=N–C) groups is 1. The lowest BCUT2D eigenvalue weighted by Crippen LogP contribution is -2.45. The van der Waals surface area contributed by atoms with Gasteiger partial charge in [-0.15, -0.1) is 0 Å². The molecule has 0 aliphatic carbocycles. The van der Waals surface area contributed by atoms with Crippen molar-refractivity contribution in [1.82, 2.24) is 25.1 Å². The number of hydrogen-bond donors (Lipinski definition) is 2. The summed E-state index contributed by atoms with van der Waals surface area (Å²) in [6, 6.07) is 11.3. The van der Waals surface area contributed by atoms with Crippen LogP contribution in [-0.4, -0.2) is 53.1 Å². The number of nitrogens with zero attached hydrogens (tertiary/aromatic N) is 4. The number of hydrogen-bond acceptors (Lipinski definition) is 3. The van der Waals surface area contributed by atoms with Crippen molar-refractivity contribution in [2.24, 2.45) is 4.99 Å². The van der Waals surface area contributed by atoms with Gasteiger partial charge in [0, 0.05) is 51.7 Å². The average molecular weight is 340 g/mol. The Morgan fingerprint density at radius 3 is 2.92 bits per heavy atom. The number of nitrogens with one attached hydrogen (secondary N) is 2. The van der Waals surface area contributed by atoms with Gasteiger partial charge in [-0.1, -0.05) is 30.3 Å². The van der Waals surface area contributed by atoms with E-state index in [4.69, 9.17) is 0 Å². The summed E-state index contributed by atoms with van der Waals surface area (Å²) < 4.78 is 2.05. The summed E-state index contributed by atoms with van der Waals surface area (Å²) >= 11 is 0. The molecule has 1 aliphatic heterocycles. The number of rotatable bonds is 7. The fourth-order valence-corrected chi connectivity index (χ4v) is 3.31. The van der Waals surface area contributed by atoms with Crippen molar-refractivity contribution in [1.29, 1.82) is 0 Å². The molecule has 1 saturated heterocycles. The van der Waals surface area contributed by atoms with Gasteiger partial charge in [0.25, 0.3) is 0 Å². The fraction of sp³-hybridized carbons (Fsp3) is 0.474. The number of benzene rings is 1. The SMILES string of the molecule is CN=C(NCCn1ccnc1)NCC1CCCN1Cc1ccccc1. The van der Waals surface area contributed by atoms with Crippen LogP contribution in [0.4, 0.5) is 0 Å². The Labute approximate surface area is 150 Å². The van der Waals surface area contributed by atoms with E-state index >= 15 is 0 Å². The molecule has 1 atom stereocenters. The van der Waals surface area contributed by atoms with Gasteiger partial charge in [-0.2, -0.15) is 0 Å². The van der Waals surface area contributed by atoms with Gasteiger partial charge in [-0.05, 0) is 24.9 Å². The molecule has 1 unspecified atom stereocenters. The van der Waals surface area contributed by atoms with Crippen LogP contribution in [0.2, 0.25) is 0 Å². The smallest absolute Gasteiger partial charge is 0.191 e. The molecule has 0 amide bonds. The van der Waals surface area contributed by atoms with Crippen molar-refractivity contribution in [3.8, 4) is 0 Å². The van der Waals surface area contributed by atoms with Gasteiger partial charge in [0.15, 0.2) is 5.96 Å². The number of aromatic nitrogens is 2. The maximum absolute atomic E-state index is 4.33. The molecule has 0 saturated carbocycles. The third-order valence-corrected chi connectivity index (χ3v) is 4.68. The van der Waals surface area contributed by atoms with E-state index in [1.165, 1.54) is 24.9 Å². The molecule has 6 heteroatoms. The molecule has 0 radical (unpaired) electrons. The van der Waals surface area contributed by atoms with E-state index in [1.807, 2.05) is 19.6 Å². The molecule has 2 N–H and O–H groups in total. The van der Waals surface area contributed by atoms with E-state index < -0.39 is 0 Å². The zero-order valence-corrected chi connectivity index (χ0v) is 14.9. The third kappa shape index (κ3) is 5.32. The maximum Gasteiger partial charge on any atom is 0.191 e. The van der Waals surface area contributed by atoms with Gasteiger partial charge in [-0.3, -0.25) is 9.89 Å². The van der Waals surface area contributed by atoms with Crippen molar-refractivity contribution < 1.29 is 0 Å². The van der Waals surface area contributed by atoms with Gasteiger partial charge >= 0.3 is 0 Å². The highest BCUT2D eigenvalue weighted by atomic mass is 15.2. The number of likely N-dealkylation sites (tertiary alicyclic amines) is 1. The summed E-state index contributed by atoms with van der Waals surface area (Å²) in [5.41, 5.74) is 1.39. The predicted molar refractivity (Wildman–Crippen MR) is 101 cm³/mol. The normalized spacial score (nSPS) is 18.4. The second-order valence-electron chi connectivity index (χ2n) is 6.43. The van der Waals surface area contributed by atoms with Gasteiger partial charge in [0.2, 0.25) is 0 Å². The summed E-state index contributed by atoms with van der Waals surface area (Å²) in [4.78, 5) is 11.0. The quantitative estimate of drug-likeness (QED) is 0.595. The highest BCUT2D eigenvalue weighted by molar-refractivity contribution is 5.79. The molecule has 2 aromatic rings. The molecule has 0 spiro atoms. The average Bonchev–Trinajstić information content (AvgIpc) is 3.31. The van der Waals surface area contributed by atoms with Crippen molar-refractivity contribution >= 4 is 5.96 Å². The van der Waals surface area contributed by atoms with Crippen LogP contribution >= 0.6 is 0 Å². The van der Waals surface area contributed by atoms with E-state index in [9.17, 15) is 0 Å². The lowest BCUT2D eigenvalue weighted by atomic mass is 10.2. The Kier molecular flexibility index (Phi) is 6.45. The van der Waals surface area contributed by atoms with Gasteiger partial charge in [-0.25, -0.2) is 4.98 Å². The molecule has 1 aromatic carbocycles. The molecule has 1 fully saturated rings. The zero-order valence-electron chi connectivity index (χ0n) is 14.9. The lowest BCUT2D eigenvalue weighted by Gasteiger charge is -2.25. The Balaban J connectivity index is 1.42. The summed E-state index contributed by atoms with van der Waals surface area (Å²) in [6.07, 6.45) is 8.11.